The van der Waals surface area contributed by atoms with Gasteiger partial charge in [-0.15, -0.1) is 0 Å². The fourth-order valence-corrected chi connectivity index (χ4v) is 1.53. The number of nitrogens with one attached hydrogen (secondary N) is 1. The van der Waals surface area contributed by atoms with Gasteiger partial charge in [0.25, 0.3) is 0 Å². The molecule has 0 atom stereocenters. The van der Waals surface area contributed by atoms with Crippen molar-refractivity contribution in [1.82, 2.24) is 4.98 Å². The number of nitrogens with zero attached hydrogens (tertiary/aromatic N) is 2. The van der Waals surface area contributed by atoms with Crippen LogP contribution in [-0.4, -0.2) is 16.1 Å². The number of hydrogen-bond acceptors (Lipinski definition) is 5. The molecule has 0 aliphatic rings. The topological polar surface area (TPSA) is 112 Å². The molecule has 1 heterocycles. The van der Waals surface area contributed by atoms with Gasteiger partial charge in [-0.3, -0.25) is 0 Å². The van der Waals surface area contributed by atoms with E-state index in [9.17, 15) is 9.18 Å². The molecule has 0 spiro atoms. The molecular formula is C13H9FN4O2. The van der Waals surface area contributed by atoms with Crippen molar-refractivity contribution in [3.63, 3.8) is 0 Å². The highest BCUT2D eigenvalue weighted by molar-refractivity contribution is 5.87. The molecule has 0 radical (unpaired) electrons. The zero-order valence-electron chi connectivity index (χ0n) is 10.1. The summed E-state index contributed by atoms with van der Waals surface area (Å²) >= 11 is 0. The number of benzene rings is 1. The zero-order chi connectivity index (χ0) is 14.7. The summed E-state index contributed by atoms with van der Waals surface area (Å²) in [7, 11) is 0. The number of halogens is 1. The van der Waals surface area contributed by atoms with Gasteiger partial charge in [-0.2, -0.15) is 5.26 Å². The van der Waals surface area contributed by atoms with Gasteiger partial charge >= 0.3 is 5.97 Å². The highest BCUT2D eigenvalue weighted by Crippen LogP contribution is 2.24. The molecule has 0 aliphatic carbocycles. The Balaban J connectivity index is 2.42. The van der Waals surface area contributed by atoms with E-state index in [2.05, 4.69) is 10.3 Å². The van der Waals surface area contributed by atoms with Crippen LogP contribution < -0.4 is 11.1 Å². The maximum atomic E-state index is 13.0. The summed E-state index contributed by atoms with van der Waals surface area (Å²) in [5.41, 5.74) is 6.05. The van der Waals surface area contributed by atoms with E-state index in [0.29, 0.717) is 0 Å². The molecule has 0 saturated heterocycles. The van der Waals surface area contributed by atoms with Crippen LogP contribution in [0.4, 0.5) is 21.6 Å². The molecule has 6 nitrogen and oxygen atoms in total. The summed E-state index contributed by atoms with van der Waals surface area (Å²) < 4.78 is 13.0. The van der Waals surface area contributed by atoms with Crippen molar-refractivity contribution in [2.45, 2.75) is 0 Å². The first-order valence-corrected chi connectivity index (χ1v) is 5.47. The minimum atomic E-state index is -1.20. The maximum Gasteiger partial charge on any atom is 0.354 e. The predicted molar refractivity (Wildman–Crippen MR) is 70.0 cm³/mol. The average Bonchev–Trinajstić information content (AvgIpc) is 2.42. The van der Waals surface area contributed by atoms with E-state index < -0.39 is 11.8 Å². The zero-order valence-corrected chi connectivity index (χ0v) is 10.1. The van der Waals surface area contributed by atoms with Crippen LogP contribution in [0.1, 0.15) is 16.1 Å². The Labute approximate surface area is 113 Å². The van der Waals surface area contributed by atoms with Crippen LogP contribution in [0.25, 0.3) is 0 Å². The second-order valence-electron chi connectivity index (χ2n) is 3.87. The lowest BCUT2D eigenvalue weighted by Gasteiger charge is -2.10. The molecule has 0 amide bonds. The van der Waals surface area contributed by atoms with Crippen molar-refractivity contribution in [2.75, 3.05) is 11.1 Å². The minimum absolute atomic E-state index is 0.0620. The summed E-state index contributed by atoms with van der Waals surface area (Å²) in [6.07, 6.45) is 0. The number of nitrogen functional groups attached to an aromatic ring is 1. The van der Waals surface area contributed by atoms with Gasteiger partial charge in [0.05, 0.1) is 16.9 Å². The predicted octanol–water partition coefficient (Wildman–Crippen LogP) is 2.12. The first-order valence-electron chi connectivity index (χ1n) is 5.47. The molecule has 1 aromatic carbocycles. The number of nitriles is 1. The molecule has 4 N–H and O–H groups in total. The average molecular weight is 272 g/mol. The minimum Gasteiger partial charge on any atom is -0.477 e. The molecule has 20 heavy (non-hydrogen) atoms. The molecule has 0 bridgehead atoms. The van der Waals surface area contributed by atoms with E-state index in [1.165, 1.54) is 24.3 Å². The molecule has 7 heteroatoms. The Bertz CT molecular complexity index is 725. The molecule has 2 aromatic rings. The van der Waals surface area contributed by atoms with Gasteiger partial charge in [0, 0.05) is 0 Å². The monoisotopic (exact) mass is 272 g/mol. The highest BCUT2D eigenvalue weighted by Gasteiger charge is 2.11. The third-order valence-corrected chi connectivity index (χ3v) is 2.50. The SMILES string of the molecule is N#Cc1cc(F)ccc1Nc1nc(C(=O)O)ccc1N. The Morgan fingerprint density at radius 3 is 2.80 bits per heavy atom. The van der Waals surface area contributed by atoms with Crippen molar-refractivity contribution >= 4 is 23.2 Å². The van der Waals surface area contributed by atoms with Crippen molar-refractivity contribution in [3.05, 3.63) is 47.4 Å². The van der Waals surface area contributed by atoms with Crippen molar-refractivity contribution in [3.8, 4) is 6.07 Å². The smallest absolute Gasteiger partial charge is 0.354 e. The van der Waals surface area contributed by atoms with Gasteiger partial charge in [0.1, 0.15) is 11.9 Å². The molecule has 0 unspecified atom stereocenters. The van der Waals surface area contributed by atoms with Crippen LogP contribution in [0.5, 0.6) is 0 Å². The second kappa shape index (κ2) is 5.24. The van der Waals surface area contributed by atoms with E-state index in [4.69, 9.17) is 16.1 Å². The van der Waals surface area contributed by atoms with Crippen LogP contribution in [-0.2, 0) is 0 Å². The second-order valence-corrected chi connectivity index (χ2v) is 3.87. The fraction of sp³-hybridized carbons (Fsp3) is 0. The van der Waals surface area contributed by atoms with E-state index in [1.54, 1.807) is 0 Å². The molecule has 100 valence electrons. The molecule has 0 fully saturated rings. The molecule has 2 rings (SSSR count). The number of pyridine rings is 1. The lowest BCUT2D eigenvalue weighted by Crippen LogP contribution is -2.06. The quantitative estimate of drug-likeness (QED) is 0.788. The number of carboxylic acids is 1. The van der Waals surface area contributed by atoms with Crippen LogP contribution >= 0.6 is 0 Å². The van der Waals surface area contributed by atoms with E-state index in [1.807, 2.05) is 6.07 Å². The Kier molecular flexibility index (Phi) is 3.48. The number of aromatic carboxylic acids is 1. The standard InChI is InChI=1S/C13H9FN4O2/c14-8-1-3-10(7(5-8)6-15)17-12-9(16)2-4-11(18-12)13(19)20/h1-5H,16H2,(H,17,18)(H,19,20). The number of hydrogen-bond donors (Lipinski definition) is 3. The van der Waals surface area contributed by atoms with Crippen LogP contribution in [0.3, 0.4) is 0 Å². The van der Waals surface area contributed by atoms with Gasteiger partial charge in [0.15, 0.2) is 11.5 Å². The molecular weight excluding hydrogens is 263 g/mol. The molecule has 0 saturated carbocycles. The number of anilines is 3. The van der Waals surface area contributed by atoms with Crippen molar-refractivity contribution < 1.29 is 14.3 Å². The maximum absolute atomic E-state index is 13.0. The van der Waals surface area contributed by atoms with Crippen LogP contribution in [0.15, 0.2) is 30.3 Å². The Hall–Kier alpha value is -3.14. The van der Waals surface area contributed by atoms with Crippen LogP contribution in [0.2, 0.25) is 0 Å². The summed E-state index contributed by atoms with van der Waals surface area (Å²) in [5, 5.41) is 20.5. The van der Waals surface area contributed by atoms with E-state index in [0.717, 1.165) is 6.07 Å². The Morgan fingerprint density at radius 1 is 1.40 bits per heavy atom. The van der Waals surface area contributed by atoms with Crippen LogP contribution in [0, 0.1) is 17.1 Å². The first-order chi connectivity index (χ1) is 9.51. The fourth-order valence-electron chi connectivity index (χ4n) is 1.53. The van der Waals surface area contributed by atoms with Gasteiger partial charge in [-0.25, -0.2) is 14.2 Å². The van der Waals surface area contributed by atoms with Gasteiger partial charge in [0.2, 0.25) is 0 Å². The highest BCUT2D eigenvalue weighted by atomic mass is 19.1. The number of rotatable bonds is 3. The van der Waals surface area contributed by atoms with Crippen molar-refractivity contribution in [1.29, 1.82) is 5.26 Å². The van der Waals surface area contributed by atoms with Gasteiger partial charge in [-0.1, -0.05) is 0 Å². The normalized spacial score (nSPS) is 9.80. The van der Waals surface area contributed by atoms with Gasteiger partial charge < -0.3 is 16.2 Å². The lowest BCUT2D eigenvalue weighted by molar-refractivity contribution is 0.0690. The molecule has 1 aromatic heterocycles. The largest absolute Gasteiger partial charge is 0.477 e. The van der Waals surface area contributed by atoms with E-state index in [-0.39, 0.29) is 28.5 Å². The number of aromatic nitrogens is 1. The summed E-state index contributed by atoms with van der Waals surface area (Å²) in [6, 6.07) is 8.04. The summed E-state index contributed by atoms with van der Waals surface area (Å²) in [6.45, 7) is 0. The number of carbonyl (C=O) groups is 1. The Morgan fingerprint density at radius 2 is 2.15 bits per heavy atom. The van der Waals surface area contributed by atoms with Crippen molar-refractivity contribution in [2.24, 2.45) is 0 Å². The van der Waals surface area contributed by atoms with E-state index >= 15 is 0 Å². The third kappa shape index (κ3) is 2.64. The lowest BCUT2D eigenvalue weighted by atomic mass is 10.2. The number of nitrogens with two attached hydrogens (primary N) is 1. The first kappa shape index (κ1) is 13.3. The summed E-state index contributed by atoms with van der Waals surface area (Å²) in [5.74, 6) is -1.66. The van der Waals surface area contributed by atoms with Gasteiger partial charge in [-0.05, 0) is 30.3 Å². The number of carboxylic acid groups (broad SMARTS) is 1. The molecule has 0 aliphatic heterocycles. The summed E-state index contributed by atoms with van der Waals surface area (Å²) in [4.78, 5) is 14.7. The third-order valence-electron chi connectivity index (χ3n) is 2.50.